The Kier molecular flexibility index (Phi) is 3.82. The van der Waals surface area contributed by atoms with E-state index in [4.69, 9.17) is 0 Å². The van der Waals surface area contributed by atoms with E-state index < -0.39 is 0 Å². The molecule has 4 heterocycles. The molecule has 24 heavy (non-hydrogen) atoms. The predicted molar refractivity (Wildman–Crippen MR) is 87.6 cm³/mol. The van der Waals surface area contributed by atoms with Crippen LogP contribution in [-0.2, 0) is 0 Å². The fraction of sp³-hybridized carbons (Fsp3) is 0.294. The van der Waals surface area contributed by atoms with Gasteiger partial charge >= 0.3 is 0 Å². The molecule has 0 unspecified atom stereocenters. The van der Waals surface area contributed by atoms with Gasteiger partial charge in [-0.3, -0.25) is 14.5 Å². The maximum absolute atomic E-state index is 12.9. The van der Waals surface area contributed by atoms with Crippen molar-refractivity contribution in [1.29, 1.82) is 0 Å². The van der Waals surface area contributed by atoms with Crippen molar-refractivity contribution in [2.75, 3.05) is 6.54 Å². The zero-order chi connectivity index (χ0) is 16.4. The number of hydrogen-bond acceptors (Lipinski definition) is 4. The van der Waals surface area contributed by atoms with Gasteiger partial charge < -0.3 is 4.90 Å². The second kappa shape index (κ2) is 6.27. The first-order valence-corrected chi connectivity index (χ1v) is 8.07. The summed E-state index contributed by atoms with van der Waals surface area (Å²) in [4.78, 5) is 23.2. The molecule has 3 aromatic rings. The van der Waals surface area contributed by atoms with E-state index in [2.05, 4.69) is 20.2 Å². The SMILES string of the molecule is O=C(c1ccc(-n2ccnc2)nc1)N1CCCC[C@H]1c1ccn[nH]1. The van der Waals surface area contributed by atoms with Crippen LogP contribution < -0.4 is 0 Å². The number of hydrogen-bond donors (Lipinski definition) is 1. The highest BCUT2D eigenvalue weighted by Gasteiger charge is 2.29. The van der Waals surface area contributed by atoms with Crippen LogP contribution in [0.4, 0.5) is 0 Å². The summed E-state index contributed by atoms with van der Waals surface area (Å²) in [6.07, 6.45) is 11.7. The normalized spacial score (nSPS) is 17.8. The van der Waals surface area contributed by atoms with E-state index in [9.17, 15) is 4.79 Å². The Morgan fingerprint density at radius 3 is 2.88 bits per heavy atom. The van der Waals surface area contributed by atoms with Gasteiger partial charge in [0, 0.05) is 31.3 Å². The molecular formula is C17H18N6O. The van der Waals surface area contributed by atoms with Crippen molar-refractivity contribution in [2.24, 2.45) is 0 Å². The molecule has 7 nitrogen and oxygen atoms in total. The van der Waals surface area contributed by atoms with Crippen LogP contribution in [0.25, 0.3) is 5.82 Å². The van der Waals surface area contributed by atoms with Crippen LogP contribution in [0.5, 0.6) is 0 Å². The number of aromatic amines is 1. The van der Waals surface area contributed by atoms with E-state index in [0.717, 1.165) is 37.3 Å². The predicted octanol–water partition coefficient (Wildman–Crippen LogP) is 2.36. The molecule has 0 bridgehead atoms. The smallest absolute Gasteiger partial charge is 0.255 e. The minimum atomic E-state index is 0.0129. The monoisotopic (exact) mass is 322 g/mol. The fourth-order valence-corrected chi connectivity index (χ4v) is 3.18. The summed E-state index contributed by atoms with van der Waals surface area (Å²) in [6.45, 7) is 0.756. The van der Waals surface area contributed by atoms with Gasteiger partial charge in [0.1, 0.15) is 12.1 Å². The van der Waals surface area contributed by atoms with Crippen molar-refractivity contribution in [3.63, 3.8) is 0 Å². The number of amides is 1. The molecule has 4 rings (SSSR count). The molecule has 1 fully saturated rings. The summed E-state index contributed by atoms with van der Waals surface area (Å²) in [5, 5.41) is 7.02. The van der Waals surface area contributed by atoms with Gasteiger partial charge in [-0.25, -0.2) is 9.97 Å². The van der Waals surface area contributed by atoms with Crippen molar-refractivity contribution in [3.8, 4) is 5.82 Å². The number of piperidine rings is 1. The molecule has 1 saturated heterocycles. The second-order valence-electron chi connectivity index (χ2n) is 5.90. The third-order valence-electron chi connectivity index (χ3n) is 4.41. The van der Waals surface area contributed by atoms with Gasteiger partial charge in [0.05, 0.1) is 17.3 Å². The number of imidazole rings is 1. The van der Waals surface area contributed by atoms with Crippen LogP contribution in [0.3, 0.4) is 0 Å². The van der Waals surface area contributed by atoms with Crippen LogP contribution in [0.2, 0.25) is 0 Å². The summed E-state index contributed by atoms with van der Waals surface area (Å²) < 4.78 is 1.81. The molecule has 0 spiro atoms. The largest absolute Gasteiger partial charge is 0.330 e. The van der Waals surface area contributed by atoms with Crippen LogP contribution in [0.15, 0.2) is 49.3 Å². The molecule has 0 aromatic carbocycles. The molecular weight excluding hydrogens is 304 g/mol. The first-order chi connectivity index (χ1) is 11.8. The summed E-state index contributed by atoms with van der Waals surface area (Å²) in [6, 6.07) is 5.66. The lowest BCUT2D eigenvalue weighted by molar-refractivity contribution is 0.0605. The van der Waals surface area contributed by atoms with Crippen LogP contribution in [0.1, 0.15) is 41.4 Å². The lowest BCUT2D eigenvalue weighted by Crippen LogP contribution is -2.38. The Balaban J connectivity index is 1.57. The molecule has 3 aromatic heterocycles. The number of nitrogens with one attached hydrogen (secondary N) is 1. The van der Waals surface area contributed by atoms with E-state index in [-0.39, 0.29) is 11.9 Å². The molecule has 1 atom stereocenters. The number of carbonyl (C=O) groups is 1. The minimum Gasteiger partial charge on any atom is -0.330 e. The zero-order valence-corrected chi connectivity index (χ0v) is 13.2. The van der Waals surface area contributed by atoms with Gasteiger partial charge in [0.15, 0.2) is 0 Å². The lowest BCUT2D eigenvalue weighted by Gasteiger charge is -2.35. The minimum absolute atomic E-state index is 0.0129. The quantitative estimate of drug-likeness (QED) is 0.803. The van der Waals surface area contributed by atoms with Crippen molar-refractivity contribution >= 4 is 5.91 Å². The molecule has 0 radical (unpaired) electrons. The molecule has 1 aliphatic rings. The Morgan fingerprint density at radius 1 is 1.21 bits per heavy atom. The van der Waals surface area contributed by atoms with Gasteiger partial charge in [-0.1, -0.05) is 0 Å². The highest BCUT2D eigenvalue weighted by molar-refractivity contribution is 5.94. The number of pyridine rings is 1. The highest BCUT2D eigenvalue weighted by atomic mass is 16.2. The number of rotatable bonds is 3. The summed E-state index contributed by atoms with van der Waals surface area (Å²) in [5.74, 6) is 0.756. The van der Waals surface area contributed by atoms with Gasteiger partial charge in [0.2, 0.25) is 0 Å². The van der Waals surface area contributed by atoms with Gasteiger partial charge in [0.25, 0.3) is 5.91 Å². The van der Waals surface area contributed by atoms with E-state index in [1.165, 1.54) is 0 Å². The van der Waals surface area contributed by atoms with E-state index in [1.54, 1.807) is 24.9 Å². The molecule has 122 valence electrons. The highest BCUT2D eigenvalue weighted by Crippen LogP contribution is 2.30. The Bertz CT molecular complexity index is 794. The average Bonchev–Trinajstić information content (AvgIpc) is 3.35. The fourth-order valence-electron chi connectivity index (χ4n) is 3.18. The zero-order valence-electron chi connectivity index (χ0n) is 13.2. The maximum Gasteiger partial charge on any atom is 0.255 e. The van der Waals surface area contributed by atoms with Gasteiger partial charge in [-0.2, -0.15) is 5.10 Å². The van der Waals surface area contributed by atoms with Crippen molar-refractivity contribution < 1.29 is 4.79 Å². The average molecular weight is 322 g/mol. The van der Waals surface area contributed by atoms with Gasteiger partial charge in [-0.15, -0.1) is 0 Å². The first kappa shape index (κ1) is 14.6. The summed E-state index contributed by atoms with van der Waals surface area (Å²) in [7, 11) is 0. The second-order valence-corrected chi connectivity index (χ2v) is 5.90. The first-order valence-electron chi connectivity index (χ1n) is 8.07. The lowest BCUT2D eigenvalue weighted by atomic mass is 9.98. The van der Waals surface area contributed by atoms with Crippen LogP contribution in [-0.4, -0.2) is 42.1 Å². The third kappa shape index (κ3) is 2.68. The summed E-state index contributed by atoms with van der Waals surface area (Å²) >= 11 is 0. The number of nitrogens with zero attached hydrogens (tertiary/aromatic N) is 5. The standard InChI is InChI=1S/C17H18N6O/c24-17(13-4-5-16(19-11-13)22-10-8-18-12-22)23-9-2-1-3-15(23)14-6-7-20-21-14/h4-8,10-12,15H,1-3,9H2,(H,20,21)/t15-/m0/s1. The molecule has 0 saturated carbocycles. The van der Waals surface area contributed by atoms with E-state index >= 15 is 0 Å². The molecule has 1 N–H and O–H groups in total. The van der Waals surface area contributed by atoms with Crippen LogP contribution >= 0.6 is 0 Å². The van der Waals surface area contributed by atoms with E-state index in [1.807, 2.05) is 33.9 Å². The number of H-pyrrole nitrogens is 1. The maximum atomic E-state index is 12.9. The third-order valence-corrected chi connectivity index (χ3v) is 4.41. The molecule has 1 aliphatic heterocycles. The molecule has 0 aliphatic carbocycles. The number of carbonyl (C=O) groups excluding carboxylic acids is 1. The van der Waals surface area contributed by atoms with Crippen LogP contribution in [0, 0.1) is 0 Å². The van der Waals surface area contributed by atoms with Crippen molar-refractivity contribution in [3.05, 3.63) is 60.6 Å². The Hall–Kier alpha value is -2.96. The topological polar surface area (TPSA) is 79.7 Å². The number of likely N-dealkylation sites (tertiary alicyclic amines) is 1. The van der Waals surface area contributed by atoms with E-state index in [0.29, 0.717) is 5.56 Å². The van der Waals surface area contributed by atoms with Gasteiger partial charge in [-0.05, 0) is 37.5 Å². The molecule has 7 heteroatoms. The molecule has 1 amide bonds. The Morgan fingerprint density at radius 2 is 2.17 bits per heavy atom. The Labute approximate surface area is 139 Å². The summed E-state index contributed by atoms with van der Waals surface area (Å²) in [5.41, 5.74) is 1.59. The van der Waals surface area contributed by atoms with Crippen molar-refractivity contribution in [1.82, 2.24) is 29.6 Å². The van der Waals surface area contributed by atoms with Crippen molar-refractivity contribution in [2.45, 2.75) is 25.3 Å². The number of aromatic nitrogens is 5.